The average Bonchev–Trinajstić information content (AvgIpc) is 2.90. The second kappa shape index (κ2) is 6.74. The smallest absolute Gasteiger partial charge is 0.258 e. The van der Waals surface area contributed by atoms with Gasteiger partial charge in [-0.15, -0.1) is 0 Å². The molecule has 0 aliphatic heterocycles. The van der Waals surface area contributed by atoms with E-state index in [0.29, 0.717) is 19.5 Å². The minimum atomic E-state index is -3.17. The quantitative estimate of drug-likeness (QED) is 0.647. The lowest BCUT2D eigenvalue weighted by atomic mass is 10.4. The summed E-state index contributed by atoms with van der Waals surface area (Å²) in [5.41, 5.74) is 0. The van der Waals surface area contributed by atoms with E-state index in [1.807, 2.05) is 0 Å². The predicted octanol–water partition coefficient (Wildman–Crippen LogP) is -0.543. The topological polar surface area (TPSA) is 128 Å². The van der Waals surface area contributed by atoms with Crippen molar-refractivity contribution in [2.24, 2.45) is 0 Å². The molecule has 0 atom stereocenters. The van der Waals surface area contributed by atoms with Gasteiger partial charge in [-0.3, -0.25) is 0 Å². The number of aromatic nitrogens is 6. The molecule has 2 rings (SSSR count). The lowest BCUT2D eigenvalue weighted by Gasteiger charge is -2.06. The Balaban J connectivity index is 1.92. The minimum absolute atomic E-state index is 0.0206. The van der Waals surface area contributed by atoms with Crippen LogP contribution in [0.5, 0.6) is 0 Å². The fourth-order valence-corrected chi connectivity index (χ4v) is 2.05. The van der Waals surface area contributed by atoms with E-state index >= 15 is 0 Å². The molecule has 0 aliphatic rings. The van der Waals surface area contributed by atoms with Crippen LogP contribution in [-0.4, -0.2) is 57.5 Å². The molecule has 2 aromatic rings. The number of sulfonamides is 1. The molecular weight excluding hydrogens is 320 g/mol. The van der Waals surface area contributed by atoms with E-state index in [-0.39, 0.29) is 17.2 Å². The number of hydrogen-bond donors (Lipinski definition) is 2. The highest BCUT2D eigenvalue weighted by molar-refractivity contribution is 7.88. The molecular formula is C9H13ClN8O2S. The molecule has 2 aromatic heterocycles. The van der Waals surface area contributed by atoms with Crippen LogP contribution in [-0.2, 0) is 10.0 Å². The van der Waals surface area contributed by atoms with E-state index in [2.05, 4.69) is 35.1 Å². The third-order valence-electron chi connectivity index (χ3n) is 2.22. The van der Waals surface area contributed by atoms with E-state index in [1.54, 1.807) is 0 Å². The maximum absolute atomic E-state index is 10.9. The molecule has 0 aromatic carbocycles. The summed E-state index contributed by atoms with van der Waals surface area (Å²) in [7, 11) is -3.17. The van der Waals surface area contributed by atoms with E-state index in [4.69, 9.17) is 11.6 Å². The Labute approximate surface area is 126 Å². The Morgan fingerprint density at radius 1 is 1.29 bits per heavy atom. The molecule has 114 valence electrons. The summed E-state index contributed by atoms with van der Waals surface area (Å²) in [6.07, 6.45) is 4.46. The highest BCUT2D eigenvalue weighted by atomic mass is 35.5. The number of nitrogens with one attached hydrogen (secondary N) is 2. The largest absolute Gasteiger partial charge is 0.354 e. The van der Waals surface area contributed by atoms with Crippen molar-refractivity contribution in [1.82, 2.24) is 34.4 Å². The van der Waals surface area contributed by atoms with Gasteiger partial charge in [0, 0.05) is 13.1 Å². The van der Waals surface area contributed by atoms with E-state index in [1.165, 1.54) is 17.3 Å². The van der Waals surface area contributed by atoms with E-state index in [9.17, 15) is 8.42 Å². The van der Waals surface area contributed by atoms with Gasteiger partial charge < -0.3 is 5.32 Å². The molecule has 0 saturated heterocycles. The summed E-state index contributed by atoms with van der Waals surface area (Å²) in [5.74, 6) is 0.518. The zero-order valence-corrected chi connectivity index (χ0v) is 12.6. The first kappa shape index (κ1) is 15.5. The van der Waals surface area contributed by atoms with Crippen molar-refractivity contribution in [3.05, 3.63) is 17.9 Å². The first-order chi connectivity index (χ1) is 9.94. The standard InChI is InChI=1S/C9H13ClN8O2S/c1-21(19,20)14-4-2-3-12-8-15-7(10)16-9(17-8)18-6-11-5-13-18/h5-6,14H,2-4H2,1H3,(H,12,15,16,17). The molecule has 0 saturated carbocycles. The summed E-state index contributed by atoms with van der Waals surface area (Å²) in [5, 5.41) is 6.85. The molecule has 0 radical (unpaired) electrons. The fourth-order valence-electron chi connectivity index (χ4n) is 1.38. The predicted molar refractivity (Wildman–Crippen MR) is 75.7 cm³/mol. The number of anilines is 1. The highest BCUT2D eigenvalue weighted by Crippen LogP contribution is 2.08. The summed E-state index contributed by atoms with van der Waals surface area (Å²) >= 11 is 5.81. The van der Waals surface area contributed by atoms with E-state index < -0.39 is 10.0 Å². The lowest BCUT2D eigenvalue weighted by molar-refractivity contribution is 0.586. The van der Waals surface area contributed by atoms with Crippen molar-refractivity contribution in [2.45, 2.75) is 6.42 Å². The Kier molecular flexibility index (Phi) is 4.98. The van der Waals surface area contributed by atoms with Crippen LogP contribution < -0.4 is 10.0 Å². The van der Waals surface area contributed by atoms with Crippen molar-refractivity contribution in [2.75, 3.05) is 24.7 Å². The Hall–Kier alpha value is -1.85. The van der Waals surface area contributed by atoms with Crippen molar-refractivity contribution < 1.29 is 8.42 Å². The van der Waals surface area contributed by atoms with Gasteiger partial charge in [0.2, 0.25) is 21.3 Å². The Morgan fingerprint density at radius 3 is 2.76 bits per heavy atom. The second-order valence-corrected chi connectivity index (χ2v) is 6.19. The van der Waals surface area contributed by atoms with Crippen molar-refractivity contribution >= 4 is 27.6 Å². The Morgan fingerprint density at radius 2 is 2.10 bits per heavy atom. The fraction of sp³-hybridized carbons (Fsp3) is 0.444. The molecule has 10 nitrogen and oxygen atoms in total. The maximum atomic E-state index is 10.9. The van der Waals surface area contributed by atoms with E-state index in [0.717, 1.165) is 6.26 Å². The Bertz CT molecular complexity index is 690. The van der Waals surface area contributed by atoms with Crippen LogP contribution in [0, 0.1) is 0 Å². The minimum Gasteiger partial charge on any atom is -0.354 e. The zero-order chi connectivity index (χ0) is 15.3. The van der Waals surface area contributed by atoms with Crippen LogP contribution in [0.25, 0.3) is 5.95 Å². The van der Waals surface area contributed by atoms with Gasteiger partial charge in [0.25, 0.3) is 5.95 Å². The summed E-state index contributed by atoms with van der Waals surface area (Å²) in [4.78, 5) is 15.8. The van der Waals surface area contributed by atoms with Gasteiger partial charge in [-0.1, -0.05) is 0 Å². The molecule has 0 amide bonds. The molecule has 0 bridgehead atoms. The third-order valence-corrected chi connectivity index (χ3v) is 3.12. The van der Waals surface area contributed by atoms with Gasteiger partial charge >= 0.3 is 0 Å². The number of rotatable bonds is 7. The summed E-state index contributed by atoms with van der Waals surface area (Å²) in [6.45, 7) is 0.792. The van der Waals surface area contributed by atoms with Gasteiger partial charge in [-0.25, -0.2) is 18.1 Å². The van der Waals surface area contributed by atoms with Gasteiger partial charge in [-0.05, 0) is 18.0 Å². The molecule has 2 N–H and O–H groups in total. The molecule has 0 fully saturated rings. The zero-order valence-electron chi connectivity index (χ0n) is 11.1. The SMILES string of the molecule is CS(=O)(=O)NCCCNc1nc(Cl)nc(-n2cncn2)n1. The van der Waals surface area contributed by atoms with Crippen LogP contribution >= 0.6 is 11.6 Å². The van der Waals surface area contributed by atoms with Crippen molar-refractivity contribution in [3.63, 3.8) is 0 Å². The molecule has 0 spiro atoms. The molecule has 12 heteroatoms. The summed E-state index contributed by atoms with van der Waals surface area (Å²) in [6, 6.07) is 0. The van der Waals surface area contributed by atoms with Crippen LogP contribution in [0.2, 0.25) is 5.28 Å². The first-order valence-corrected chi connectivity index (χ1v) is 8.16. The average molecular weight is 333 g/mol. The van der Waals surface area contributed by atoms with Gasteiger partial charge in [0.15, 0.2) is 0 Å². The van der Waals surface area contributed by atoms with Crippen LogP contribution in [0.3, 0.4) is 0 Å². The van der Waals surface area contributed by atoms with Crippen molar-refractivity contribution in [3.8, 4) is 5.95 Å². The molecule has 0 unspecified atom stereocenters. The van der Waals surface area contributed by atoms with Gasteiger partial charge in [0.1, 0.15) is 12.7 Å². The number of hydrogen-bond acceptors (Lipinski definition) is 8. The highest BCUT2D eigenvalue weighted by Gasteiger charge is 2.07. The monoisotopic (exact) mass is 332 g/mol. The number of halogens is 1. The van der Waals surface area contributed by atoms with Crippen LogP contribution in [0.15, 0.2) is 12.7 Å². The van der Waals surface area contributed by atoms with Crippen LogP contribution in [0.4, 0.5) is 5.95 Å². The second-order valence-electron chi connectivity index (χ2n) is 4.01. The number of nitrogens with zero attached hydrogens (tertiary/aromatic N) is 6. The first-order valence-electron chi connectivity index (χ1n) is 5.89. The summed E-state index contributed by atoms with van der Waals surface area (Å²) < 4.78 is 25.5. The van der Waals surface area contributed by atoms with Crippen LogP contribution in [0.1, 0.15) is 6.42 Å². The normalized spacial score (nSPS) is 11.5. The van der Waals surface area contributed by atoms with Gasteiger partial charge in [0.05, 0.1) is 6.26 Å². The third kappa shape index (κ3) is 5.21. The molecule has 0 aliphatic carbocycles. The van der Waals surface area contributed by atoms with Crippen molar-refractivity contribution in [1.29, 1.82) is 0 Å². The molecule has 21 heavy (non-hydrogen) atoms. The molecule has 2 heterocycles. The van der Waals surface area contributed by atoms with Gasteiger partial charge in [-0.2, -0.15) is 24.7 Å². The maximum Gasteiger partial charge on any atom is 0.258 e. The lowest BCUT2D eigenvalue weighted by Crippen LogP contribution is -2.24.